The lowest BCUT2D eigenvalue weighted by molar-refractivity contribution is 0.211. The molecular weight excluding hydrogens is 164 g/mol. The minimum absolute atomic E-state index is 0.712. The summed E-state index contributed by atoms with van der Waals surface area (Å²) in [6.45, 7) is 3.53. The zero-order chi connectivity index (χ0) is 9.68. The highest BCUT2D eigenvalue weighted by Gasteiger charge is 1.95. The van der Waals surface area contributed by atoms with E-state index in [-0.39, 0.29) is 0 Å². The van der Waals surface area contributed by atoms with Gasteiger partial charge in [0.2, 0.25) is 0 Å². The molecule has 0 aliphatic rings. The van der Waals surface area contributed by atoms with Crippen LogP contribution in [0.4, 0.5) is 11.4 Å². The van der Waals surface area contributed by atoms with Crippen LogP contribution in [0.15, 0.2) is 18.2 Å². The molecule has 1 rings (SSSR count). The monoisotopic (exact) mass is 180 g/mol. The number of nitrogen functional groups attached to an aromatic ring is 1. The van der Waals surface area contributed by atoms with Gasteiger partial charge in [0.15, 0.2) is 0 Å². The number of anilines is 2. The Bertz CT molecular complexity index is 274. The molecule has 0 spiro atoms. The summed E-state index contributed by atoms with van der Waals surface area (Å²) in [7, 11) is 1.69. The number of aryl methyl sites for hydroxylation is 1. The van der Waals surface area contributed by atoms with Gasteiger partial charge in [0, 0.05) is 25.0 Å². The van der Waals surface area contributed by atoms with Crippen LogP contribution in [0.5, 0.6) is 0 Å². The van der Waals surface area contributed by atoms with E-state index in [0.29, 0.717) is 6.61 Å². The smallest absolute Gasteiger partial charge is 0.0635 e. The Morgan fingerprint density at radius 2 is 2.23 bits per heavy atom. The number of nitrogens with one attached hydrogen (secondary N) is 1. The van der Waals surface area contributed by atoms with Crippen LogP contribution >= 0.6 is 0 Å². The van der Waals surface area contributed by atoms with E-state index in [1.807, 2.05) is 25.1 Å². The molecule has 1 aromatic carbocycles. The van der Waals surface area contributed by atoms with Crippen molar-refractivity contribution >= 4 is 11.4 Å². The van der Waals surface area contributed by atoms with Crippen LogP contribution < -0.4 is 11.1 Å². The van der Waals surface area contributed by atoms with Crippen molar-refractivity contribution in [1.29, 1.82) is 0 Å². The number of ether oxygens (including phenoxy) is 1. The lowest BCUT2D eigenvalue weighted by Crippen LogP contribution is -2.07. The fourth-order valence-corrected chi connectivity index (χ4v) is 1.08. The average Bonchev–Trinajstić information content (AvgIpc) is 2.12. The minimum Gasteiger partial charge on any atom is -0.399 e. The van der Waals surface area contributed by atoms with E-state index in [1.165, 1.54) is 0 Å². The molecule has 13 heavy (non-hydrogen) atoms. The summed E-state index contributed by atoms with van der Waals surface area (Å²) in [6.07, 6.45) is 0. The van der Waals surface area contributed by atoms with Gasteiger partial charge in [-0.1, -0.05) is 0 Å². The van der Waals surface area contributed by atoms with Crippen LogP contribution in [0.3, 0.4) is 0 Å². The van der Waals surface area contributed by atoms with Gasteiger partial charge in [-0.3, -0.25) is 0 Å². The maximum Gasteiger partial charge on any atom is 0.0635 e. The van der Waals surface area contributed by atoms with Crippen molar-refractivity contribution in [2.75, 3.05) is 31.3 Å². The predicted molar refractivity (Wildman–Crippen MR) is 56.0 cm³/mol. The van der Waals surface area contributed by atoms with Gasteiger partial charge in [-0.05, 0) is 30.7 Å². The maximum absolute atomic E-state index is 5.69. The molecule has 3 N–H and O–H groups in total. The van der Waals surface area contributed by atoms with Crippen LogP contribution in [-0.4, -0.2) is 20.3 Å². The molecule has 0 bridgehead atoms. The second kappa shape index (κ2) is 4.72. The Kier molecular flexibility index (Phi) is 3.58. The normalized spacial score (nSPS) is 10.0. The molecule has 0 amide bonds. The first-order valence-corrected chi connectivity index (χ1v) is 4.33. The standard InChI is InChI=1S/C10H16N2O/c1-8-7-9(3-4-10(8)11)12-5-6-13-2/h3-4,7,12H,5-6,11H2,1-2H3. The Morgan fingerprint density at radius 3 is 2.85 bits per heavy atom. The Labute approximate surface area is 78.9 Å². The van der Waals surface area contributed by atoms with E-state index in [0.717, 1.165) is 23.5 Å². The molecule has 0 fully saturated rings. The molecule has 0 aliphatic heterocycles. The quantitative estimate of drug-likeness (QED) is 0.547. The van der Waals surface area contributed by atoms with Gasteiger partial charge < -0.3 is 15.8 Å². The van der Waals surface area contributed by atoms with Crippen molar-refractivity contribution in [1.82, 2.24) is 0 Å². The van der Waals surface area contributed by atoms with Gasteiger partial charge in [0.25, 0.3) is 0 Å². The number of hydrogen-bond acceptors (Lipinski definition) is 3. The van der Waals surface area contributed by atoms with Crippen molar-refractivity contribution in [3.63, 3.8) is 0 Å². The molecule has 0 heterocycles. The first-order chi connectivity index (χ1) is 6.24. The van der Waals surface area contributed by atoms with E-state index in [1.54, 1.807) is 7.11 Å². The fourth-order valence-electron chi connectivity index (χ4n) is 1.08. The van der Waals surface area contributed by atoms with Gasteiger partial charge in [-0.15, -0.1) is 0 Å². The van der Waals surface area contributed by atoms with Gasteiger partial charge in [0.05, 0.1) is 6.61 Å². The predicted octanol–water partition coefficient (Wildman–Crippen LogP) is 1.64. The first-order valence-electron chi connectivity index (χ1n) is 4.33. The molecule has 72 valence electrons. The maximum atomic E-state index is 5.69. The molecule has 0 aliphatic carbocycles. The zero-order valence-corrected chi connectivity index (χ0v) is 8.13. The topological polar surface area (TPSA) is 47.3 Å². The van der Waals surface area contributed by atoms with E-state index >= 15 is 0 Å². The van der Waals surface area contributed by atoms with Crippen molar-refractivity contribution in [3.05, 3.63) is 23.8 Å². The average molecular weight is 180 g/mol. The summed E-state index contributed by atoms with van der Waals surface area (Å²) in [5.41, 5.74) is 8.71. The molecule has 1 aromatic rings. The van der Waals surface area contributed by atoms with Crippen LogP contribution in [0.2, 0.25) is 0 Å². The van der Waals surface area contributed by atoms with Crippen LogP contribution in [0.1, 0.15) is 5.56 Å². The molecular formula is C10H16N2O. The van der Waals surface area contributed by atoms with E-state index in [2.05, 4.69) is 5.32 Å². The van der Waals surface area contributed by atoms with Crippen molar-refractivity contribution in [3.8, 4) is 0 Å². The molecule has 0 saturated carbocycles. The lowest BCUT2D eigenvalue weighted by Gasteiger charge is -2.07. The molecule has 0 saturated heterocycles. The van der Waals surface area contributed by atoms with Gasteiger partial charge in [0.1, 0.15) is 0 Å². The summed E-state index contributed by atoms with van der Waals surface area (Å²) >= 11 is 0. The Hall–Kier alpha value is -1.22. The fraction of sp³-hybridized carbons (Fsp3) is 0.400. The number of benzene rings is 1. The number of nitrogens with two attached hydrogens (primary N) is 1. The van der Waals surface area contributed by atoms with Crippen molar-refractivity contribution in [2.24, 2.45) is 0 Å². The van der Waals surface area contributed by atoms with Crippen molar-refractivity contribution in [2.45, 2.75) is 6.92 Å². The summed E-state index contributed by atoms with van der Waals surface area (Å²) in [4.78, 5) is 0. The number of rotatable bonds is 4. The second-order valence-electron chi connectivity index (χ2n) is 2.99. The highest BCUT2D eigenvalue weighted by atomic mass is 16.5. The summed E-state index contributed by atoms with van der Waals surface area (Å²) in [5, 5.41) is 3.23. The van der Waals surface area contributed by atoms with E-state index in [4.69, 9.17) is 10.5 Å². The number of hydrogen-bond donors (Lipinski definition) is 2. The van der Waals surface area contributed by atoms with Gasteiger partial charge in [-0.25, -0.2) is 0 Å². The minimum atomic E-state index is 0.712. The van der Waals surface area contributed by atoms with Gasteiger partial charge >= 0.3 is 0 Å². The van der Waals surface area contributed by atoms with E-state index in [9.17, 15) is 0 Å². The third kappa shape index (κ3) is 2.95. The third-order valence-corrected chi connectivity index (χ3v) is 1.91. The summed E-state index contributed by atoms with van der Waals surface area (Å²) in [6, 6.07) is 5.91. The Balaban J connectivity index is 2.53. The lowest BCUT2D eigenvalue weighted by atomic mass is 10.2. The molecule has 0 unspecified atom stereocenters. The highest BCUT2D eigenvalue weighted by Crippen LogP contribution is 2.15. The first kappa shape index (κ1) is 9.86. The molecule has 3 heteroatoms. The Morgan fingerprint density at radius 1 is 1.46 bits per heavy atom. The van der Waals surface area contributed by atoms with Crippen molar-refractivity contribution < 1.29 is 4.74 Å². The zero-order valence-electron chi connectivity index (χ0n) is 8.13. The van der Waals surface area contributed by atoms with Crippen LogP contribution in [0.25, 0.3) is 0 Å². The summed E-state index contributed by atoms with van der Waals surface area (Å²) in [5.74, 6) is 0. The van der Waals surface area contributed by atoms with Crippen LogP contribution in [-0.2, 0) is 4.74 Å². The second-order valence-corrected chi connectivity index (χ2v) is 2.99. The molecule has 0 radical (unpaired) electrons. The SMILES string of the molecule is COCCNc1ccc(N)c(C)c1. The molecule has 0 atom stereocenters. The molecule has 0 aromatic heterocycles. The molecule has 3 nitrogen and oxygen atoms in total. The largest absolute Gasteiger partial charge is 0.399 e. The van der Waals surface area contributed by atoms with Gasteiger partial charge in [-0.2, -0.15) is 0 Å². The number of methoxy groups -OCH3 is 1. The van der Waals surface area contributed by atoms with E-state index < -0.39 is 0 Å². The van der Waals surface area contributed by atoms with Crippen LogP contribution in [0, 0.1) is 6.92 Å². The highest BCUT2D eigenvalue weighted by molar-refractivity contribution is 5.56. The summed E-state index contributed by atoms with van der Waals surface area (Å²) < 4.78 is 4.93. The third-order valence-electron chi connectivity index (χ3n) is 1.91.